The second-order valence-electron chi connectivity index (χ2n) is 5.22. The van der Waals surface area contributed by atoms with E-state index >= 15 is 0 Å². The highest BCUT2D eigenvalue weighted by Gasteiger charge is 2.17. The Bertz CT molecular complexity index is 618. The van der Waals surface area contributed by atoms with Crippen LogP contribution in [0.5, 0.6) is 0 Å². The maximum Gasteiger partial charge on any atom is 0.356 e. The fraction of sp³-hybridized carbons (Fsp3) is 0.375. The van der Waals surface area contributed by atoms with Crippen LogP contribution in [0.15, 0.2) is 34.8 Å². The van der Waals surface area contributed by atoms with Gasteiger partial charge in [-0.15, -0.1) is 0 Å². The summed E-state index contributed by atoms with van der Waals surface area (Å²) in [6.45, 7) is 7.03. The van der Waals surface area contributed by atoms with Gasteiger partial charge in [0.25, 0.3) is 0 Å². The van der Waals surface area contributed by atoms with Crippen LogP contribution in [0.2, 0.25) is 0 Å². The van der Waals surface area contributed by atoms with Crippen LogP contribution in [0, 0.1) is 5.92 Å². The summed E-state index contributed by atoms with van der Waals surface area (Å²) in [4.78, 5) is 12.1. The highest BCUT2D eigenvalue weighted by Crippen LogP contribution is 2.22. The molecule has 5 heteroatoms. The average Bonchev–Trinajstić information content (AvgIpc) is 2.83. The van der Waals surface area contributed by atoms with Crippen molar-refractivity contribution in [3.8, 4) is 11.3 Å². The van der Waals surface area contributed by atoms with Gasteiger partial charge in [-0.25, -0.2) is 4.79 Å². The lowest BCUT2D eigenvalue weighted by atomic mass is 10.1. The van der Waals surface area contributed by atoms with E-state index in [9.17, 15) is 4.79 Å². The van der Waals surface area contributed by atoms with Crippen LogP contribution in [0.3, 0.4) is 0 Å². The molecule has 0 saturated carbocycles. The van der Waals surface area contributed by atoms with Crippen molar-refractivity contribution in [3.63, 3.8) is 0 Å². The molecular weight excluding hydrogens is 332 g/mol. The summed E-state index contributed by atoms with van der Waals surface area (Å²) < 4.78 is 7.86. The van der Waals surface area contributed by atoms with E-state index in [0.717, 1.165) is 15.7 Å². The van der Waals surface area contributed by atoms with Crippen LogP contribution in [0.25, 0.3) is 11.3 Å². The summed E-state index contributed by atoms with van der Waals surface area (Å²) in [6.07, 6.45) is 0. The van der Waals surface area contributed by atoms with Crippen molar-refractivity contribution >= 4 is 21.9 Å². The molecule has 0 aliphatic rings. The standard InChI is InChI=1S/C16H19BrN2O2/c1-4-21-16(20)15-9-14(18-19(15)10-11(2)3)12-5-7-13(17)8-6-12/h5-9,11H,4,10H2,1-3H3. The number of ether oxygens (including phenoxy) is 1. The van der Waals surface area contributed by atoms with Crippen molar-refractivity contribution in [1.29, 1.82) is 0 Å². The largest absolute Gasteiger partial charge is 0.461 e. The Labute approximate surface area is 133 Å². The molecule has 0 atom stereocenters. The van der Waals surface area contributed by atoms with Gasteiger partial charge in [0.2, 0.25) is 0 Å². The number of hydrogen-bond acceptors (Lipinski definition) is 3. The van der Waals surface area contributed by atoms with Crippen molar-refractivity contribution in [2.75, 3.05) is 6.61 Å². The molecule has 1 heterocycles. The number of carbonyl (C=O) groups is 1. The third-order valence-corrected chi connectivity index (χ3v) is 3.47. The molecular formula is C16H19BrN2O2. The van der Waals surface area contributed by atoms with Gasteiger partial charge in [-0.1, -0.05) is 41.9 Å². The number of esters is 1. The highest BCUT2D eigenvalue weighted by atomic mass is 79.9. The zero-order valence-electron chi connectivity index (χ0n) is 12.5. The number of hydrogen-bond donors (Lipinski definition) is 0. The maximum absolute atomic E-state index is 12.1. The molecule has 0 bridgehead atoms. The summed E-state index contributed by atoms with van der Waals surface area (Å²) >= 11 is 3.41. The molecule has 21 heavy (non-hydrogen) atoms. The third-order valence-electron chi connectivity index (χ3n) is 2.94. The highest BCUT2D eigenvalue weighted by molar-refractivity contribution is 9.10. The minimum atomic E-state index is -0.325. The van der Waals surface area contributed by atoms with E-state index in [2.05, 4.69) is 34.9 Å². The van der Waals surface area contributed by atoms with Crippen molar-refractivity contribution in [1.82, 2.24) is 9.78 Å². The van der Waals surface area contributed by atoms with E-state index in [1.54, 1.807) is 17.7 Å². The number of halogens is 1. The van der Waals surface area contributed by atoms with Crippen LogP contribution >= 0.6 is 15.9 Å². The molecule has 0 unspecified atom stereocenters. The van der Waals surface area contributed by atoms with Gasteiger partial charge < -0.3 is 4.74 Å². The molecule has 0 fully saturated rings. The molecule has 1 aromatic heterocycles. The summed E-state index contributed by atoms with van der Waals surface area (Å²) in [5.74, 6) is 0.0739. The lowest BCUT2D eigenvalue weighted by Gasteiger charge is -2.08. The molecule has 0 amide bonds. The lowest BCUT2D eigenvalue weighted by molar-refractivity contribution is 0.0511. The Morgan fingerprint density at radius 2 is 2.00 bits per heavy atom. The fourth-order valence-corrected chi connectivity index (χ4v) is 2.30. The van der Waals surface area contributed by atoms with E-state index in [1.807, 2.05) is 24.3 Å². The SMILES string of the molecule is CCOC(=O)c1cc(-c2ccc(Br)cc2)nn1CC(C)C. The predicted octanol–water partition coefficient (Wildman–Crippen LogP) is 4.15. The maximum atomic E-state index is 12.1. The molecule has 1 aromatic carbocycles. The monoisotopic (exact) mass is 350 g/mol. The van der Waals surface area contributed by atoms with E-state index in [1.165, 1.54) is 0 Å². The van der Waals surface area contributed by atoms with Crippen molar-refractivity contribution in [2.24, 2.45) is 5.92 Å². The van der Waals surface area contributed by atoms with Crippen molar-refractivity contribution < 1.29 is 9.53 Å². The first-order chi connectivity index (χ1) is 10.0. The quantitative estimate of drug-likeness (QED) is 0.761. The summed E-state index contributed by atoms with van der Waals surface area (Å²) in [5.41, 5.74) is 2.26. The average molecular weight is 351 g/mol. The van der Waals surface area contributed by atoms with E-state index < -0.39 is 0 Å². The van der Waals surface area contributed by atoms with Crippen LogP contribution in [0.4, 0.5) is 0 Å². The molecule has 0 aliphatic heterocycles. The van der Waals surface area contributed by atoms with Gasteiger partial charge in [-0.2, -0.15) is 5.10 Å². The summed E-state index contributed by atoms with van der Waals surface area (Å²) in [7, 11) is 0. The molecule has 0 spiro atoms. The molecule has 0 aliphatic carbocycles. The number of nitrogens with zero attached hydrogens (tertiary/aromatic N) is 2. The Kier molecular flexibility index (Phi) is 5.17. The zero-order valence-corrected chi connectivity index (χ0v) is 14.1. The van der Waals surface area contributed by atoms with Gasteiger partial charge in [0, 0.05) is 16.6 Å². The first-order valence-corrected chi connectivity index (χ1v) is 7.81. The lowest BCUT2D eigenvalue weighted by Crippen LogP contribution is -2.15. The van der Waals surface area contributed by atoms with E-state index in [-0.39, 0.29) is 5.97 Å². The fourth-order valence-electron chi connectivity index (χ4n) is 2.03. The number of aromatic nitrogens is 2. The number of rotatable bonds is 5. The van der Waals surface area contributed by atoms with Crippen LogP contribution in [-0.2, 0) is 11.3 Å². The second kappa shape index (κ2) is 6.89. The molecule has 0 saturated heterocycles. The summed E-state index contributed by atoms with van der Waals surface area (Å²) in [5, 5.41) is 4.55. The Balaban J connectivity index is 2.39. The van der Waals surface area contributed by atoms with Crippen LogP contribution in [-0.4, -0.2) is 22.4 Å². The molecule has 2 rings (SSSR count). The number of benzene rings is 1. The molecule has 4 nitrogen and oxygen atoms in total. The Morgan fingerprint density at radius 3 is 2.57 bits per heavy atom. The third kappa shape index (κ3) is 3.94. The van der Waals surface area contributed by atoms with Gasteiger partial charge >= 0.3 is 5.97 Å². The minimum Gasteiger partial charge on any atom is -0.461 e. The van der Waals surface area contributed by atoms with Gasteiger partial charge in [0.15, 0.2) is 0 Å². The van der Waals surface area contributed by atoms with Crippen LogP contribution < -0.4 is 0 Å². The normalized spacial score (nSPS) is 10.9. The van der Waals surface area contributed by atoms with Crippen LogP contribution in [0.1, 0.15) is 31.3 Å². The van der Waals surface area contributed by atoms with Crippen molar-refractivity contribution in [2.45, 2.75) is 27.3 Å². The summed E-state index contributed by atoms with van der Waals surface area (Å²) in [6, 6.07) is 9.66. The van der Waals surface area contributed by atoms with Crippen molar-refractivity contribution in [3.05, 3.63) is 40.5 Å². The second-order valence-corrected chi connectivity index (χ2v) is 6.13. The van der Waals surface area contributed by atoms with E-state index in [0.29, 0.717) is 24.8 Å². The minimum absolute atomic E-state index is 0.325. The molecule has 0 N–H and O–H groups in total. The van der Waals surface area contributed by atoms with Gasteiger partial charge in [-0.05, 0) is 31.0 Å². The zero-order chi connectivity index (χ0) is 15.4. The molecule has 2 aromatic rings. The smallest absolute Gasteiger partial charge is 0.356 e. The molecule has 0 radical (unpaired) electrons. The van der Waals surface area contributed by atoms with Gasteiger partial charge in [-0.3, -0.25) is 4.68 Å². The molecule has 112 valence electrons. The first-order valence-electron chi connectivity index (χ1n) is 7.02. The number of carbonyl (C=O) groups excluding carboxylic acids is 1. The van der Waals surface area contributed by atoms with Gasteiger partial charge in [0.05, 0.1) is 12.3 Å². The van der Waals surface area contributed by atoms with E-state index in [4.69, 9.17) is 4.74 Å². The predicted molar refractivity (Wildman–Crippen MR) is 86.2 cm³/mol. The van der Waals surface area contributed by atoms with Gasteiger partial charge in [0.1, 0.15) is 5.69 Å². The Hall–Kier alpha value is -1.62. The topological polar surface area (TPSA) is 44.1 Å². The first kappa shape index (κ1) is 15.8. The Morgan fingerprint density at radius 1 is 1.33 bits per heavy atom.